The topological polar surface area (TPSA) is 6.48 Å². The van der Waals surface area contributed by atoms with Crippen molar-refractivity contribution in [3.05, 3.63) is 34.1 Å². The fourth-order valence-electron chi connectivity index (χ4n) is 3.62. The number of halogens is 2. The molecule has 3 rings (SSSR count). The molecular formula is C17H24BrFN2. The summed E-state index contributed by atoms with van der Waals surface area (Å²) in [4.78, 5) is 5.09. The molecule has 0 aliphatic carbocycles. The van der Waals surface area contributed by atoms with E-state index in [2.05, 4.69) is 25.7 Å². The van der Waals surface area contributed by atoms with E-state index in [9.17, 15) is 4.39 Å². The highest BCUT2D eigenvalue weighted by atomic mass is 79.9. The third kappa shape index (κ3) is 4.51. The molecule has 1 aromatic carbocycles. The Kier molecular flexibility index (Phi) is 5.30. The van der Waals surface area contributed by atoms with Gasteiger partial charge in [0.25, 0.3) is 0 Å². The molecular weight excluding hydrogens is 331 g/mol. The molecule has 2 aliphatic heterocycles. The van der Waals surface area contributed by atoms with Crippen molar-refractivity contribution >= 4 is 15.9 Å². The second kappa shape index (κ2) is 7.21. The van der Waals surface area contributed by atoms with Crippen molar-refractivity contribution in [1.82, 2.24) is 9.80 Å². The molecule has 2 aliphatic rings. The molecule has 4 heteroatoms. The van der Waals surface area contributed by atoms with E-state index < -0.39 is 0 Å². The van der Waals surface area contributed by atoms with Crippen LogP contribution in [-0.4, -0.2) is 42.5 Å². The summed E-state index contributed by atoms with van der Waals surface area (Å²) in [5.74, 6) is 0.710. The third-order valence-corrected chi connectivity index (χ3v) is 5.21. The van der Waals surface area contributed by atoms with E-state index in [-0.39, 0.29) is 5.82 Å². The number of likely N-dealkylation sites (tertiary alicyclic amines) is 2. The molecule has 2 saturated heterocycles. The summed E-state index contributed by atoms with van der Waals surface area (Å²) in [6, 6.07) is 5.20. The minimum absolute atomic E-state index is 0.150. The Hall–Kier alpha value is -0.450. The first-order chi connectivity index (χ1) is 10.2. The smallest absolute Gasteiger partial charge is 0.124 e. The Morgan fingerprint density at radius 3 is 2.38 bits per heavy atom. The SMILES string of the molecule is Fc1cc(Br)cc(CN2CCC(CN3CCCC3)CC2)c1. The highest BCUT2D eigenvalue weighted by molar-refractivity contribution is 9.10. The average molecular weight is 355 g/mol. The van der Waals surface area contributed by atoms with Crippen LogP contribution in [0.2, 0.25) is 0 Å². The Bertz CT molecular complexity index is 446. The average Bonchev–Trinajstić information content (AvgIpc) is 2.93. The molecule has 116 valence electrons. The van der Waals surface area contributed by atoms with Gasteiger partial charge in [-0.2, -0.15) is 0 Å². The monoisotopic (exact) mass is 354 g/mol. The highest BCUT2D eigenvalue weighted by Gasteiger charge is 2.22. The van der Waals surface area contributed by atoms with Crippen molar-refractivity contribution in [3.63, 3.8) is 0 Å². The Morgan fingerprint density at radius 1 is 1.00 bits per heavy atom. The molecule has 2 heterocycles. The van der Waals surface area contributed by atoms with Crippen LogP contribution in [-0.2, 0) is 6.54 Å². The molecule has 0 saturated carbocycles. The van der Waals surface area contributed by atoms with Crippen molar-refractivity contribution < 1.29 is 4.39 Å². The lowest BCUT2D eigenvalue weighted by atomic mass is 9.96. The van der Waals surface area contributed by atoms with E-state index in [1.807, 2.05) is 6.07 Å². The first-order valence-electron chi connectivity index (χ1n) is 8.09. The molecule has 0 unspecified atom stereocenters. The van der Waals surface area contributed by atoms with E-state index >= 15 is 0 Å². The number of piperidine rings is 1. The first-order valence-corrected chi connectivity index (χ1v) is 8.88. The van der Waals surface area contributed by atoms with Crippen molar-refractivity contribution in [2.75, 3.05) is 32.7 Å². The second-order valence-electron chi connectivity index (χ2n) is 6.50. The fourth-order valence-corrected chi connectivity index (χ4v) is 4.13. The number of hydrogen-bond donors (Lipinski definition) is 0. The minimum atomic E-state index is -0.150. The zero-order valence-corrected chi connectivity index (χ0v) is 14.1. The quantitative estimate of drug-likeness (QED) is 0.808. The van der Waals surface area contributed by atoms with Crippen LogP contribution in [0.1, 0.15) is 31.2 Å². The van der Waals surface area contributed by atoms with Gasteiger partial charge in [-0.15, -0.1) is 0 Å². The van der Waals surface area contributed by atoms with Gasteiger partial charge in [-0.25, -0.2) is 4.39 Å². The molecule has 0 spiro atoms. The molecule has 0 bridgehead atoms. The molecule has 0 aromatic heterocycles. The minimum Gasteiger partial charge on any atom is -0.303 e. The lowest BCUT2D eigenvalue weighted by molar-refractivity contribution is 0.149. The third-order valence-electron chi connectivity index (χ3n) is 4.75. The Balaban J connectivity index is 1.46. The van der Waals surface area contributed by atoms with Crippen LogP contribution in [0.15, 0.2) is 22.7 Å². The Labute approximate surface area is 135 Å². The number of nitrogens with zero attached hydrogens (tertiary/aromatic N) is 2. The number of rotatable bonds is 4. The summed E-state index contributed by atoms with van der Waals surface area (Å²) in [6.07, 6.45) is 5.33. The van der Waals surface area contributed by atoms with Gasteiger partial charge in [0.05, 0.1) is 0 Å². The molecule has 0 atom stereocenters. The van der Waals surface area contributed by atoms with Crippen molar-refractivity contribution in [3.8, 4) is 0 Å². The summed E-state index contributed by atoms with van der Waals surface area (Å²) in [7, 11) is 0. The van der Waals surface area contributed by atoms with Gasteiger partial charge in [0.15, 0.2) is 0 Å². The van der Waals surface area contributed by atoms with Gasteiger partial charge in [-0.3, -0.25) is 4.90 Å². The standard InChI is InChI=1S/C17H24BrFN2/c18-16-9-15(10-17(19)11-16)13-21-7-3-14(4-8-21)12-20-5-1-2-6-20/h9-11,14H,1-8,12-13H2. The Morgan fingerprint density at radius 2 is 1.71 bits per heavy atom. The lowest BCUT2D eigenvalue weighted by Gasteiger charge is -2.33. The molecule has 0 N–H and O–H groups in total. The van der Waals surface area contributed by atoms with Crippen LogP contribution in [0.3, 0.4) is 0 Å². The molecule has 2 fully saturated rings. The second-order valence-corrected chi connectivity index (χ2v) is 7.42. The van der Waals surface area contributed by atoms with Gasteiger partial charge in [0, 0.05) is 17.6 Å². The van der Waals surface area contributed by atoms with Crippen LogP contribution in [0, 0.1) is 11.7 Å². The fraction of sp³-hybridized carbons (Fsp3) is 0.647. The van der Waals surface area contributed by atoms with E-state index in [0.29, 0.717) is 0 Å². The highest BCUT2D eigenvalue weighted by Crippen LogP contribution is 2.23. The molecule has 21 heavy (non-hydrogen) atoms. The van der Waals surface area contributed by atoms with Crippen LogP contribution >= 0.6 is 15.9 Å². The van der Waals surface area contributed by atoms with Crippen LogP contribution in [0.4, 0.5) is 4.39 Å². The summed E-state index contributed by atoms with van der Waals surface area (Å²) >= 11 is 3.37. The summed E-state index contributed by atoms with van der Waals surface area (Å²) in [6.45, 7) is 7.06. The molecule has 1 aromatic rings. The zero-order valence-electron chi connectivity index (χ0n) is 12.5. The number of benzene rings is 1. The summed E-state index contributed by atoms with van der Waals surface area (Å²) in [5, 5.41) is 0. The first kappa shape index (κ1) is 15.4. The predicted octanol–water partition coefficient (Wildman–Crippen LogP) is 3.90. The van der Waals surface area contributed by atoms with Crippen molar-refractivity contribution in [1.29, 1.82) is 0 Å². The largest absolute Gasteiger partial charge is 0.303 e. The number of hydrogen-bond acceptors (Lipinski definition) is 2. The maximum Gasteiger partial charge on any atom is 0.124 e. The van der Waals surface area contributed by atoms with Crippen molar-refractivity contribution in [2.24, 2.45) is 5.92 Å². The van der Waals surface area contributed by atoms with Gasteiger partial charge in [-0.1, -0.05) is 15.9 Å². The van der Waals surface area contributed by atoms with Gasteiger partial charge in [-0.05, 0) is 81.5 Å². The lowest BCUT2D eigenvalue weighted by Crippen LogP contribution is -2.37. The van der Waals surface area contributed by atoms with Gasteiger partial charge < -0.3 is 4.90 Å². The van der Waals surface area contributed by atoms with Crippen LogP contribution in [0.5, 0.6) is 0 Å². The van der Waals surface area contributed by atoms with E-state index in [4.69, 9.17) is 0 Å². The summed E-state index contributed by atoms with van der Waals surface area (Å²) in [5.41, 5.74) is 1.07. The van der Waals surface area contributed by atoms with Gasteiger partial charge in [0.2, 0.25) is 0 Å². The normalized spacial score (nSPS) is 22.0. The van der Waals surface area contributed by atoms with E-state index in [1.54, 1.807) is 6.07 Å². The molecule has 0 radical (unpaired) electrons. The van der Waals surface area contributed by atoms with Gasteiger partial charge in [0.1, 0.15) is 5.82 Å². The van der Waals surface area contributed by atoms with Crippen LogP contribution < -0.4 is 0 Å². The van der Waals surface area contributed by atoms with E-state index in [1.165, 1.54) is 51.4 Å². The van der Waals surface area contributed by atoms with Crippen molar-refractivity contribution in [2.45, 2.75) is 32.2 Å². The summed E-state index contributed by atoms with van der Waals surface area (Å²) < 4.78 is 14.3. The zero-order chi connectivity index (χ0) is 14.7. The van der Waals surface area contributed by atoms with Crippen LogP contribution in [0.25, 0.3) is 0 Å². The maximum absolute atomic E-state index is 13.4. The molecule has 0 amide bonds. The van der Waals surface area contributed by atoms with E-state index in [0.717, 1.165) is 35.6 Å². The predicted molar refractivity (Wildman–Crippen MR) is 87.8 cm³/mol. The van der Waals surface area contributed by atoms with Gasteiger partial charge >= 0.3 is 0 Å². The molecule has 2 nitrogen and oxygen atoms in total. The maximum atomic E-state index is 13.4.